The van der Waals surface area contributed by atoms with Gasteiger partial charge in [-0.2, -0.15) is 5.10 Å². The Morgan fingerprint density at radius 2 is 1.93 bits per heavy atom. The van der Waals surface area contributed by atoms with Gasteiger partial charge in [0.1, 0.15) is 0 Å². The van der Waals surface area contributed by atoms with Crippen molar-refractivity contribution < 1.29 is 0 Å². The Morgan fingerprint density at radius 3 is 2.73 bits per heavy atom. The van der Waals surface area contributed by atoms with Crippen LogP contribution in [-0.2, 0) is 0 Å². The summed E-state index contributed by atoms with van der Waals surface area (Å²) in [4.78, 5) is 4.33. The number of benzene rings is 1. The van der Waals surface area contributed by atoms with Crippen molar-refractivity contribution in [3.8, 4) is 0 Å². The third kappa shape index (κ3) is 1.13. The summed E-state index contributed by atoms with van der Waals surface area (Å²) in [6.07, 6.45) is 1.80. The van der Waals surface area contributed by atoms with Gasteiger partial charge in [-0.1, -0.05) is 35.9 Å². The standard InChI is InChI=1S/C11H8ClN3/c1-7-6-13-11-9-5-3-2-4-8(9)10(12)14-15(7)11/h2-6H,1H3. The van der Waals surface area contributed by atoms with E-state index in [9.17, 15) is 0 Å². The maximum Gasteiger partial charge on any atom is 0.161 e. The Bertz CT molecular complexity index is 657. The highest BCUT2D eigenvalue weighted by Crippen LogP contribution is 2.24. The molecular formula is C11H8ClN3. The van der Waals surface area contributed by atoms with Gasteiger partial charge >= 0.3 is 0 Å². The molecule has 0 saturated heterocycles. The van der Waals surface area contributed by atoms with Gasteiger partial charge in [0.15, 0.2) is 10.8 Å². The van der Waals surface area contributed by atoms with Crippen molar-refractivity contribution in [3.63, 3.8) is 0 Å². The molecule has 0 amide bonds. The highest BCUT2D eigenvalue weighted by atomic mass is 35.5. The first kappa shape index (κ1) is 8.68. The summed E-state index contributed by atoms with van der Waals surface area (Å²) >= 11 is 6.11. The number of hydrogen-bond donors (Lipinski definition) is 0. The molecule has 0 aliphatic carbocycles. The maximum atomic E-state index is 6.11. The van der Waals surface area contributed by atoms with E-state index in [2.05, 4.69) is 10.1 Å². The van der Waals surface area contributed by atoms with Gasteiger partial charge in [-0.3, -0.25) is 0 Å². The predicted molar refractivity (Wildman–Crippen MR) is 60.2 cm³/mol. The molecule has 0 radical (unpaired) electrons. The number of hydrogen-bond acceptors (Lipinski definition) is 2. The summed E-state index contributed by atoms with van der Waals surface area (Å²) in [5, 5.41) is 6.77. The third-order valence-electron chi connectivity index (χ3n) is 2.49. The van der Waals surface area contributed by atoms with Crippen LogP contribution in [0.25, 0.3) is 16.4 Å². The molecule has 3 rings (SSSR count). The van der Waals surface area contributed by atoms with Gasteiger partial charge in [0.25, 0.3) is 0 Å². The number of aryl methyl sites for hydroxylation is 1. The minimum atomic E-state index is 0.513. The number of rotatable bonds is 0. The van der Waals surface area contributed by atoms with Crippen LogP contribution in [0.5, 0.6) is 0 Å². The van der Waals surface area contributed by atoms with E-state index in [-0.39, 0.29) is 0 Å². The Kier molecular flexibility index (Phi) is 1.70. The molecule has 0 fully saturated rings. The van der Waals surface area contributed by atoms with Crippen LogP contribution in [0.3, 0.4) is 0 Å². The van der Waals surface area contributed by atoms with Crippen LogP contribution >= 0.6 is 11.6 Å². The van der Waals surface area contributed by atoms with E-state index in [1.807, 2.05) is 31.2 Å². The average Bonchev–Trinajstić information content (AvgIpc) is 2.62. The van der Waals surface area contributed by atoms with Crippen molar-refractivity contribution in [2.75, 3.05) is 0 Å². The van der Waals surface area contributed by atoms with Crippen LogP contribution in [0.4, 0.5) is 0 Å². The van der Waals surface area contributed by atoms with E-state index in [0.717, 1.165) is 22.1 Å². The quantitative estimate of drug-likeness (QED) is 0.580. The van der Waals surface area contributed by atoms with Crippen molar-refractivity contribution >= 4 is 28.0 Å². The van der Waals surface area contributed by atoms with E-state index in [0.29, 0.717) is 5.15 Å². The second kappa shape index (κ2) is 2.94. The van der Waals surface area contributed by atoms with Gasteiger partial charge in [0.2, 0.25) is 0 Å². The first-order chi connectivity index (χ1) is 7.27. The lowest BCUT2D eigenvalue weighted by Gasteiger charge is -2.02. The fraction of sp³-hybridized carbons (Fsp3) is 0.0909. The zero-order chi connectivity index (χ0) is 10.4. The number of imidazole rings is 1. The molecule has 1 aromatic carbocycles. The van der Waals surface area contributed by atoms with E-state index < -0.39 is 0 Å². The topological polar surface area (TPSA) is 30.2 Å². The lowest BCUT2D eigenvalue weighted by molar-refractivity contribution is 0.910. The van der Waals surface area contributed by atoms with E-state index >= 15 is 0 Å². The molecule has 0 atom stereocenters. The molecule has 3 aromatic rings. The second-order valence-corrected chi connectivity index (χ2v) is 3.83. The van der Waals surface area contributed by atoms with Crippen molar-refractivity contribution in [1.82, 2.24) is 14.6 Å². The average molecular weight is 218 g/mol. The van der Waals surface area contributed by atoms with Crippen LogP contribution in [0.1, 0.15) is 5.69 Å². The molecule has 2 heterocycles. The summed E-state index contributed by atoms with van der Waals surface area (Å²) in [5.74, 6) is 0. The Morgan fingerprint density at radius 1 is 1.20 bits per heavy atom. The summed E-state index contributed by atoms with van der Waals surface area (Å²) in [6, 6.07) is 7.88. The molecule has 0 saturated carbocycles. The minimum absolute atomic E-state index is 0.513. The van der Waals surface area contributed by atoms with Gasteiger partial charge in [-0.15, -0.1) is 0 Å². The van der Waals surface area contributed by atoms with Crippen molar-refractivity contribution in [2.24, 2.45) is 0 Å². The normalized spacial score (nSPS) is 11.3. The molecule has 15 heavy (non-hydrogen) atoms. The Hall–Kier alpha value is -1.61. The largest absolute Gasteiger partial charge is 0.235 e. The molecule has 2 aromatic heterocycles. The SMILES string of the molecule is Cc1cnc2c3ccccc3c(Cl)nn12. The molecule has 0 unspecified atom stereocenters. The fourth-order valence-electron chi connectivity index (χ4n) is 1.74. The lowest BCUT2D eigenvalue weighted by atomic mass is 10.2. The molecular weight excluding hydrogens is 210 g/mol. The lowest BCUT2D eigenvalue weighted by Crippen LogP contribution is -1.95. The monoisotopic (exact) mass is 217 g/mol. The van der Waals surface area contributed by atoms with Crippen LogP contribution in [0.2, 0.25) is 5.15 Å². The third-order valence-corrected chi connectivity index (χ3v) is 2.77. The van der Waals surface area contributed by atoms with Gasteiger partial charge < -0.3 is 0 Å². The number of aromatic nitrogens is 3. The highest BCUT2D eigenvalue weighted by Gasteiger charge is 2.08. The summed E-state index contributed by atoms with van der Waals surface area (Å²) in [5.41, 5.74) is 1.84. The van der Waals surface area contributed by atoms with Crippen LogP contribution in [0, 0.1) is 6.92 Å². The molecule has 0 aliphatic heterocycles. The number of nitrogens with zero attached hydrogens (tertiary/aromatic N) is 3. The van der Waals surface area contributed by atoms with Gasteiger partial charge in [-0.05, 0) is 6.92 Å². The fourth-order valence-corrected chi connectivity index (χ4v) is 1.98. The van der Waals surface area contributed by atoms with Crippen molar-refractivity contribution in [3.05, 3.63) is 41.3 Å². The molecule has 4 heteroatoms. The summed E-state index contributed by atoms with van der Waals surface area (Å²) in [6.45, 7) is 1.96. The van der Waals surface area contributed by atoms with Crippen LogP contribution in [-0.4, -0.2) is 14.6 Å². The summed E-state index contributed by atoms with van der Waals surface area (Å²) in [7, 11) is 0. The maximum absolute atomic E-state index is 6.11. The van der Waals surface area contributed by atoms with Gasteiger partial charge in [0, 0.05) is 10.8 Å². The van der Waals surface area contributed by atoms with E-state index in [1.54, 1.807) is 10.7 Å². The first-order valence-corrected chi connectivity index (χ1v) is 5.04. The van der Waals surface area contributed by atoms with E-state index in [4.69, 9.17) is 11.6 Å². The van der Waals surface area contributed by atoms with Gasteiger partial charge in [-0.25, -0.2) is 9.50 Å². The molecule has 0 aliphatic rings. The molecule has 74 valence electrons. The van der Waals surface area contributed by atoms with Gasteiger partial charge in [0.05, 0.1) is 11.9 Å². The predicted octanol–water partition coefficient (Wildman–Crippen LogP) is 2.84. The molecule has 0 spiro atoms. The summed E-state index contributed by atoms with van der Waals surface area (Å²) < 4.78 is 1.77. The zero-order valence-electron chi connectivity index (χ0n) is 8.11. The Labute approximate surface area is 91.3 Å². The second-order valence-electron chi connectivity index (χ2n) is 3.47. The smallest absolute Gasteiger partial charge is 0.161 e. The highest BCUT2D eigenvalue weighted by molar-refractivity contribution is 6.34. The molecule has 0 bridgehead atoms. The first-order valence-electron chi connectivity index (χ1n) is 4.66. The Balaban J connectivity index is 2.65. The number of halogens is 1. The van der Waals surface area contributed by atoms with Crippen molar-refractivity contribution in [2.45, 2.75) is 6.92 Å². The molecule has 3 nitrogen and oxygen atoms in total. The van der Waals surface area contributed by atoms with Crippen molar-refractivity contribution in [1.29, 1.82) is 0 Å². The van der Waals surface area contributed by atoms with E-state index in [1.165, 1.54) is 0 Å². The van der Waals surface area contributed by atoms with Crippen LogP contribution < -0.4 is 0 Å². The van der Waals surface area contributed by atoms with Crippen LogP contribution in [0.15, 0.2) is 30.5 Å². The number of fused-ring (bicyclic) bond motifs is 3. The minimum Gasteiger partial charge on any atom is -0.235 e. The zero-order valence-corrected chi connectivity index (χ0v) is 8.86. The molecule has 0 N–H and O–H groups in total.